The van der Waals surface area contributed by atoms with Crippen molar-refractivity contribution in [3.63, 3.8) is 0 Å². The zero-order valence-electron chi connectivity index (χ0n) is 8.74. The summed E-state index contributed by atoms with van der Waals surface area (Å²) in [7, 11) is 0. The molecule has 1 saturated heterocycles. The highest BCUT2D eigenvalue weighted by atomic mass is 32.1. The van der Waals surface area contributed by atoms with E-state index in [1.165, 1.54) is 17.7 Å². The number of thiophene rings is 1. The first-order valence-corrected chi connectivity index (χ1v) is 6.24. The van der Waals surface area contributed by atoms with Crippen LogP contribution in [0, 0.1) is 0 Å². The molecular weight excluding hydrogens is 208 g/mol. The lowest BCUT2D eigenvalue weighted by molar-refractivity contribution is -0.122. The lowest BCUT2D eigenvalue weighted by Gasteiger charge is -2.13. The first-order chi connectivity index (χ1) is 7.34. The zero-order chi connectivity index (χ0) is 10.5. The van der Waals surface area contributed by atoms with E-state index in [1.807, 2.05) is 17.5 Å². The molecule has 0 aromatic carbocycles. The van der Waals surface area contributed by atoms with Crippen LogP contribution in [0.4, 0.5) is 0 Å². The molecule has 3 nitrogen and oxygen atoms in total. The maximum atomic E-state index is 11.5. The zero-order valence-corrected chi connectivity index (χ0v) is 9.55. The summed E-state index contributed by atoms with van der Waals surface area (Å²) in [6, 6.07) is 4.05. The molecule has 1 fully saturated rings. The van der Waals surface area contributed by atoms with Gasteiger partial charge < -0.3 is 5.32 Å². The lowest BCUT2D eigenvalue weighted by atomic mass is 10.4. The molecule has 0 atom stereocenters. The largest absolute Gasteiger partial charge is 0.350 e. The second-order valence-electron chi connectivity index (χ2n) is 3.84. The molecule has 0 aliphatic carbocycles. The molecule has 0 saturated carbocycles. The molecule has 1 N–H and O–H groups in total. The molecule has 2 rings (SSSR count). The molecular formula is C11H16N2OS. The van der Waals surface area contributed by atoms with Gasteiger partial charge in [-0.1, -0.05) is 6.07 Å². The van der Waals surface area contributed by atoms with E-state index >= 15 is 0 Å². The third-order valence-electron chi connectivity index (χ3n) is 2.61. The van der Waals surface area contributed by atoms with Gasteiger partial charge >= 0.3 is 0 Å². The molecule has 82 valence electrons. The molecule has 1 aromatic rings. The quantitative estimate of drug-likeness (QED) is 0.839. The summed E-state index contributed by atoms with van der Waals surface area (Å²) in [5.74, 6) is 0.144. The van der Waals surface area contributed by atoms with Crippen LogP contribution < -0.4 is 5.32 Å². The third kappa shape index (κ3) is 3.32. The van der Waals surface area contributed by atoms with E-state index < -0.39 is 0 Å². The molecule has 1 aromatic heterocycles. The average Bonchev–Trinajstić information content (AvgIpc) is 2.86. The van der Waals surface area contributed by atoms with Crippen molar-refractivity contribution in [1.82, 2.24) is 10.2 Å². The van der Waals surface area contributed by atoms with Crippen molar-refractivity contribution >= 4 is 17.2 Å². The second-order valence-corrected chi connectivity index (χ2v) is 4.87. The van der Waals surface area contributed by atoms with Gasteiger partial charge in [0.25, 0.3) is 0 Å². The average molecular weight is 224 g/mol. The van der Waals surface area contributed by atoms with Crippen LogP contribution in [0.2, 0.25) is 0 Å². The van der Waals surface area contributed by atoms with E-state index in [2.05, 4.69) is 10.2 Å². The highest BCUT2D eigenvalue weighted by Crippen LogP contribution is 2.08. The van der Waals surface area contributed by atoms with Crippen LogP contribution in [0.3, 0.4) is 0 Å². The van der Waals surface area contributed by atoms with Crippen LogP contribution >= 0.6 is 11.3 Å². The minimum absolute atomic E-state index is 0.144. The summed E-state index contributed by atoms with van der Waals surface area (Å²) in [6.45, 7) is 3.38. The molecule has 4 heteroatoms. The molecule has 0 spiro atoms. The number of hydrogen-bond acceptors (Lipinski definition) is 3. The lowest BCUT2D eigenvalue weighted by Crippen LogP contribution is -2.35. The van der Waals surface area contributed by atoms with Crippen LogP contribution in [0.1, 0.15) is 17.7 Å². The first kappa shape index (κ1) is 10.6. The molecule has 1 aliphatic heterocycles. The number of carbonyl (C=O) groups is 1. The van der Waals surface area contributed by atoms with Gasteiger partial charge in [-0.05, 0) is 37.4 Å². The number of rotatable bonds is 4. The van der Waals surface area contributed by atoms with Gasteiger partial charge in [-0.25, -0.2) is 0 Å². The van der Waals surface area contributed by atoms with Crippen LogP contribution in [0.5, 0.6) is 0 Å². The van der Waals surface area contributed by atoms with Gasteiger partial charge in [0.15, 0.2) is 0 Å². The molecule has 0 bridgehead atoms. The Kier molecular flexibility index (Phi) is 3.75. The van der Waals surface area contributed by atoms with Gasteiger partial charge in [-0.2, -0.15) is 0 Å². The Balaban J connectivity index is 1.68. The van der Waals surface area contributed by atoms with Crippen molar-refractivity contribution in [2.45, 2.75) is 19.4 Å². The van der Waals surface area contributed by atoms with E-state index in [0.29, 0.717) is 13.1 Å². The third-order valence-corrected chi connectivity index (χ3v) is 3.48. The standard InChI is InChI=1S/C11H16N2OS/c14-11(9-13-5-1-2-6-13)12-8-10-4-3-7-15-10/h3-4,7H,1-2,5-6,8-9H2,(H,12,14). The van der Waals surface area contributed by atoms with E-state index in [0.717, 1.165) is 13.1 Å². The van der Waals surface area contributed by atoms with Gasteiger partial charge in [0.2, 0.25) is 5.91 Å². The Morgan fingerprint density at radius 3 is 2.93 bits per heavy atom. The van der Waals surface area contributed by atoms with Crippen molar-refractivity contribution in [2.24, 2.45) is 0 Å². The predicted octanol–water partition coefficient (Wildman–Crippen LogP) is 1.46. The van der Waals surface area contributed by atoms with Crippen molar-refractivity contribution in [2.75, 3.05) is 19.6 Å². The number of amides is 1. The number of hydrogen-bond donors (Lipinski definition) is 1. The second kappa shape index (κ2) is 5.28. The van der Waals surface area contributed by atoms with Crippen LogP contribution in [0.15, 0.2) is 17.5 Å². The summed E-state index contributed by atoms with van der Waals surface area (Å²) in [4.78, 5) is 15.0. The summed E-state index contributed by atoms with van der Waals surface area (Å²) in [6.07, 6.45) is 2.47. The Hall–Kier alpha value is -0.870. The van der Waals surface area contributed by atoms with Gasteiger partial charge in [-0.15, -0.1) is 11.3 Å². The monoisotopic (exact) mass is 224 g/mol. The number of likely N-dealkylation sites (tertiary alicyclic amines) is 1. The maximum absolute atomic E-state index is 11.5. The Labute approximate surface area is 94.1 Å². The normalized spacial score (nSPS) is 16.8. The first-order valence-electron chi connectivity index (χ1n) is 5.36. The SMILES string of the molecule is O=C(CN1CCCC1)NCc1cccs1. The Bertz CT molecular complexity index is 304. The van der Waals surface area contributed by atoms with Crippen molar-refractivity contribution in [1.29, 1.82) is 0 Å². The van der Waals surface area contributed by atoms with Crippen LogP contribution in [0.25, 0.3) is 0 Å². The molecule has 1 amide bonds. The summed E-state index contributed by atoms with van der Waals surface area (Å²) < 4.78 is 0. The van der Waals surface area contributed by atoms with Crippen molar-refractivity contribution < 1.29 is 4.79 Å². The number of carbonyl (C=O) groups excluding carboxylic acids is 1. The maximum Gasteiger partial charge on any atom is 0.234 e. The van der Waals surface area contributed by atoms with Crippen LogP contribution in [-0.2, 0) is 11.3 Å². The fourth-order valence-electron chi connectivity index (χ4n) is 1.80. The molecule has 0 unspecified atom stereocenters. The minimum atomic E-state index is 0.144. The van der Waals surface area contributed by atoms with Gasteiger partial charge in [0.05, 0.1) is 13.1 Å². The van der Waals surface area contributed by atoms with E-state index in [9.17, 15) is 4.79 Å². The summed E-state index contributed by atoms with van der Waals surface area (Å²) in [5.41, 5.74) is 0. The Morgan fingerprint density at radius 1 is 1.47 bits per heavy atom. The summed E-state index contributed by atoms with van der Waals surface area (Å²) >= 11 is 1.68. The summed E-state index contributed by atoms with van der Waals surface area (Å²) in [5, 5.41) is 4.97. The Morgan fingerprint density at radius 2 is 2.27 bits per heavy atom. The van der Waals surface area contributed by atoms with E-state index in [-0.39, 0.29) is 5.91 Å². The van der Waals surface area contributed by atoms with Crippen molar-refractivity contribution in [3.8, 4) is 0 Å². The highest BCUT2D eigenvalue weighted by molar-refractivity contribution is 7.09. The molecule has 15 heavy (non-hydrogen) atoms. The fourth-order valence-corrected chi connectivity index (χ4v) is 2.44. The van der Waals surface area contributed by atoms with E-state index in [4.69, 9.17) is 0 Å². The smallest absolute Gasteiger partial charge is 0.234 e. The van der Waals surface area contributed by atoms with Crippen molar-refractivity contribution in [3.05, 3.63) is 22.4 Å². The number of nitrogens with one attached hydrogen (secondary N) is 1. The van der Waals surface area contributed by atoms with Gasteiger partial charge in [0, 0.05) is 4.88 Å². The molecule has 1 aliphatic rings. The molecule has 2 heterocycles. The van der Waals surface area contributed by atoms with Gasteiger partial charge in [0.1, 0.15) is 0 Å². The van der Waals surface area contributed by atoms with E-state index in [1.54, 1.807) is 11.3 Å². The molecule has 0 radical (unpaired) electrons. The fraction of sp³-hybridized carbons (Fsp3) is 0.545. The van der Waals surface area contributed by atoms with Crippen LogP contribution in [-0.4, -0.2) is 30.4 Å². The highest BCUT2D eigenvalue weighted by Gasteiger charge is 2.14. The van der Waals surface area contributed by atoms with Gasteiger partial charge in [-0.3, -0.25) is 9.69 Å². The predicted molar refractivity (Wildman–Crippen MR) is 61.8 cm³/mol. The number of nitrogens with zero attached hydrogens (tertiary/aromatic N) is 1. The minimum Gasteiger partial charge on any atom is -0.350 e. The topological polar surface area (TPSA) is 32.3 Å².